The van der Waals surface area contributed by atoms with Crippen LogP contribution in [0.15, 0.2) is 36.7 Å². The van der Waals surface area contributed by atoms with Gasteiger partial charge in [0.1, 0.15) is 17.4 Å². The molecule has 0 aromatic carbocycles. The molecule has 0 radical (unpaired) electrons. The minimum absolute atomic E-state index is 0.512. The summed E-state index contributed by atoms with van der Waals surface area (Å²) in [6.07, 6.45) is 5.72. The molecule has 0 saturated carbocycles. The van der Waals surface area contributed by atoms with E-state index in [1.54, 1.807) is 12.3 Å². The van der Waals surface area contributed by atoms with E-state index in [1.807, 2.05) is 24.4 Å². The van der Waals surface area contributed by atoms with Gasteiger partial charge in [0.25, 0.3) is 0 Å². The molecule has 0 bridgehead atoms. The van der Waals surface area contributed by atoms with Crippen LogP contribution in [0.2, 0.25) is 0 Å². The lowest BCUT2D eigenvalue weighted by molar-refractivity contribution is 0.222. The van der Waals surface area contributed by atoms with Crippen LogP contribution in [-0.2, 0) is 0 Å². The molecule has 0 spiro atoms. The number of piperidine rings is 1. The van der Waals surface area contributed by atoms with Gasteiger partial charge in [-0.2, -0.15) is 0 Å². The Labute approximate surface area is 130 Å². The maximum Gasteiger partial charge on any atom is 0.137 e. The van der Waals surface area contributed by atoms with Crippen molar-refractivity contribution >= 4 is 17.3 Å². The smallest absolute Gasteiger partial charge is 0.137 e. The number of pyridine rings is 2. The van der Waals surface area contributed by atoms with Crippen molar-refractivity contribution in [1.82, 2.24) is 9.97 Å². The van der Waals surface area contributed by atoms with Crippen LogP contribution in [0.3, 0.4) is 0 Å². The summed E-state index contributed by atoms with van der Waals surface area (Å²) in [6, 6.07) is 7.49. The molecule has 0 unspecified atom stereocenters. The highest BCUT2D eigenvalue weighted by atomic mass is 16.5. The number of anilines is 3. The van der Waals surface area contributed by atoms with Gasteiger partial charge in [0, 0.05) is 13.1 Å². The molecule has 1 aliphatic heterocycles. The van der Waals surface area contributed by atoms with Crippen LogP contribution < -0.4 is 21.1 Å². The van der Waals surface area contributed by atoms with E-state index in [0.717, 1.165) is 44.0 Å². The summed E-state index contributed by atoms with van der Waals surface area (Å²) < 4.78 is 5.79. The average Bonchev–Trinajstić information content (AvgIpc) is 2.56. The second-order valence-corrected chi connectivity index (χ2v) is 5.60. The van der Waals surface area contributed by atoms with Crippen LogP contribution in [0.5, 0.6) is 5.75 Å². The Morgan fingerprint density at radius 3 is 2.27 bits per heavy atom. The quantitative estimate of drug-likeness (QED) is 0.896. The summed E-state index contributed by atoms with van der Waals surface area (Å²) in [4.78, 5) is 10.5. The molecule has 0 aliphatic carbocycles. The Kier molecular flexibility index (Phi) is 4.27. The van der Waals surface area contributed by atoms with Crippen LogP contribution in [-0.4, -0.2) is 29.7 Å². The molecule has 1 saturated heterocycles. The standard InChI is InChI=1S/C16H21N5O/c17-15-3-1-13(9-19-15)21-7-5-12(6-8-21)11-22-14-2-4-16(18)20-10-14/h1-4,9-10,12H,5-8,11H2,(H2,17,19)(H2,18,20). The Morgan fingerprint density at radius 1 is 1.00 bits per heavy atom. The first-order valence-corrected chi connectivity index (χ1v) is 7.51. The lowest BCUT2D eigenvalue weighted by Crippen LogP contribution is -2.35. The second-order valence-electron chi connectivity index (χ2n) is 5.60. The molecule has 4 N–H and O–H groups in total. The maximum absolute atomic E-state index is 5.79. The first-order chi connectivity index (χ1) is 10.7. The number of hydrogen-bond donors (Lipinski definition) is 2. The van der Waals surface area contributed by atoms with Gasteiger partial charge in [-0.25, -0.2) is 9.97 Å². The van der Waals surface area contributed by atoms with Crippen molar-refractivity contribution in [2.45, 2.75) is 12.8 Å². The van der Waals surface area contributed by atoms with E-state index in [0.29, 0.717) is 17.6 Å². The third-order valence-electron chi connectivity index (χ3n) is 4.00. The van der Waals surface area contributed by atoms with E-state index in [1.165, 1.54) is 0 Å². The fourth-order valence-corrected chi connectivity index (χ4v) is 2.63. The zero-order valence-corrected chi connectivity index (χ0v) is 12.5. The third kappa shape index (κ3) is 3.58. The van der Waals surface area contributed by atoms with Crippen molar-refractivity contribution in [3.05, 3.63) is 36.7 Å². The molecule has 0 amide bonds. The van der Waals surface area contributed by atoms with E-state index < -0.39 is 0 Å². The topological polar surface area (TPSA) is 90.3 Å². The summed E-state index contributed by atoms with van der Waals surface area (Å²) in [5.74, 6) is 2.41. The molecule has 2 aromatic rings. The van der Waals surface area contributed by atoms with Gasteiger partial charge >= 0.3 is 0 Å². The summed E-state index contributed by atoms with van der Waals surface area (Å²) in [5, 5.41) is 0. The average molecular weight is 299 g/mol. The summed E-state index contributed by atoms with van der Waals surface area (Å²) in [5.41, 5.74) is 12.3. The summed E-state index contributed by atoms with van der Waals surface area (Å²) in [6.45, 7) is 2.75. The van der Waals surface area contributed by atoms with Crippen molar-refractivity contribution in [3.63, 3.8) is 0 Å². The number of nitrogen functional groups attached to an aromatic ring is 2. The van der Waals surface area contributed by atoms with Gasteiger partial charge in [-0.15, -0.1) is 0 Å². The maximum atomic E-state index is 5.79. The van der Waals surface area contributed by atoms with Gasteiger partial charge < -0.3 is 21.1 Å². The predicted molar refractivity (Wildman–Crippen MR) is 87.7 cm³/mol. The molecule has 3 heterocycles. The van der Waals surface area contributed by atoms with Gasteiger partial charge in [-0.1, -0.05) is 0 Å². The van der Waals surface area contributed by atoms with Gasteiger partial charge in [-0.3, -0.25) is 0 Å². The lowest BCUT2D eigenvalue weighted by Gasteiger charge is -2.33. The first kappa shape index (κ1) is 14.4. The SMILES string of the molecule is Nc1ccc(OCC2CCN(c3ccc(N)nc3)CC2)cn1. The van der Waals surface area contributed by atoms with Gasteiger partial charge in [-0.05, 0) is 43.0 Å². The normalized spacial score (nSPS) is 15.7. The Balaban J connectivity index is 1.47. The number of ether oxygens (including phenoxy) is 1. The monoisotopic (exact) mass is 299 g/mol. The van der Waals surface area contributed by atoms with Crippen LogP contribution in [0.1, 0.15) is 12.8 Å². The fourth-order valence-electron chi connectivity index (χ4n) is 2.63. The minimum atomic E-state index is 0.512. The van der Waals surface area contributed by atoms with Crippen molar-refractivity contribution in [2.24, 2.45) is 5.92 Å². The molecule has 0 atom stereocenters. The number of nitrogens with zero attached hydrogens (tertiary/aromatic N) is 3. The number of aromatic nitrogens is 2. The number of nitrogens with two attached hydrogens (primary N) is 2. The van der Waals surface area contributed by atoms with E-state index >= 15 is 0 Å². The van der Waals surface area contributed by atoms with Crippen LogP contribution in [0, 0.1) is 5.92 Å². The predicted octanol–water partition coefficient (Wildman–Crippen LogP) is 1.94. The van der Waals surface area contributed by atoms with E-state index in [4.69, 9.17) is 16.2 Å². The number of rotatable bonds is 4. The van der Waals surface area contributed by atoms with Gasteiger partial charge in [0.2, 0.25) is 0 Å². The molecule has 6 heteroatoms. The van der Waals surface area contributed by atoms with Crippen LogP contribution in [0.25, 0.3) is 0 Å². The van der Waals surface area contributed by atoms with Crippen molar-refractivity contribution in [1.29, 1.82) is 0 Å². The molecule has 1 aliphatic rings. The van der Waals surface area contributed by atoms with Gasteiger partial charge in [0.15, 0.2) is 0 Å². The molecule has 2 aromatic heterocycles. The number of hydrogen-bond acceptors (Lipinski definition) is 6. The Bertz CT molecular complexity index is 591. The minimum Gasteiger partial charge on any atom is -0.492 e. The summed E-state index contributed by atoms with van der Waals surface area (Å²) in [7, 11) is 0. The zero-order chi connectivity index (χ0) is 15.4. The molecule has 6 nitrogen and oxygen atoms in total. The van der Waals surface area contributed by atoms with E-state index in [2.05, 4.69) is 14.9 Å². The molecular weight excluding hydrogens is 278 g/mol. The Morgan fingerprint density at radius 2 is 1.68 bits per heavy atom. The van der Waals surface area contributed by atoms with Crippen LogP contribution >= 0.6 is 0 Å². The van der Waals surface area contributed by atoms with Crippen molar-refractivity contribution < 1.29 is 4.74 Å². The molecule has 3 rings (SSSR count). The van der Waals surface area contributed by atoms with Crippen molar-refractivity contribution in [2.75, 3.05) is 36.1 Å². The highest BCUT2D eigenvalue weighted by Crippen LogP contribution is 2.24. The highest BCUT2D eigenvalue weighted by molar-refractivity contribution is 5.48. The molecular formula is C16H21N5O. The third-order valence-corrected chi connectivity index (χ3v) is 4.00. The largest absolute Gasteiger partial charge is 0.492 e. The zero-order valence-electron chi connectivity index (χ0n) is 12.5. The molecule has 1 fully saturated rings. The van der Waals surface area contributed by atoms with Crippen molar-refractivity contribution in [3.8, 4) is 5.75 Å². The highest BCUT2D eigenvalue weighted by Gasteiger charge is 2.20. The van der Waals surface area contributed by atoms with E-state index in [9.17, 15) is 0 Å². The molecule has 22 heavy (non-hydrogen) atoms. The fraction of sp³-hybridized carbons (Fsp3) is 0.375. The molecule has 116 valence electrons. The van der Waals surface area contributed by atoms with Gasteiger partial charge in [0.05, 0.1) is 24.7 Å². The van der Waals surface area contributed by atoms with Crippen LogP contribution in [0.4, 0.5) is 17.3 Å². The summed E-state index contributed by atoms with van der Waals surface area (Å²) >= 11 is 0. The first-order valence-electron chi connectivity index (χ1n) is 7.51. The lowest BCUT2D eigenvalue weighted by atomic mass is 9.97. The Hall–Kier alpha value is -2.50. The van der Waals surface area contributed by atoms with E-state index in [-0.39, 0.29) is 0 Å². The second kappa shape index (κ2) is 6.51.